The summed E-state index contributed by atoms with van der Waals surface area (Å²) in [4.78, 5) is 15.1. The van der Waals surface area contributed by atoms with Crippen LogP contribution in [0.25, 0.3) is 0 Å². The highest BCUT2D eigenvalue weighted by molar-refractivity contribution is 4.82. The summed E-state index contributed by atoms with van der Waals surface area (Å²) in [5.41, 5.74) is 2.11. The maximum atomic E-state index is 2.58. The number of piperazine rings is 1. The van der Waals surface area contributed by atoms with Crippen molar-refractivity contribution in [2.24, 2.45) is 11.3 Å². The van der Waals surface area contributed by atoms with Gasteiger partial charge in [-0.3, -0.25) is 19.6 Å². The molecule has 0 aromatic carbocycles. The van der Waals surface area contributed by atoms with Crippen LogP contribution in [0.15, 0.2) is 0 Å². The lowest BCUT2D eigenvalue weighted by atomic mass is 9.75. The van der Waals surface area contributed by atoms with Gasteiger partial charge in [0.15, 0.2) is 0 Å². The Labute approximate surface area is 322 Å². The van der Waals surface area contributed by atoms with E-state index in [2.05, 4.69) is 147 Å². The quantitative estimate of drug-likeness (QED) is 0.247. The van der Waals surface area contributed by atoms with Gasteiger partial charge in [-0.1, -0.05) is 33.6 Å². The lowest BCUT2D eigenvalue weighted by molar-refractivity contribution is 0.0735. The summed E-state index contributed by atoms with van der Waals surface area (Å²) >= 11 is 0. The molecule has 0 saturated carbocycles. The predicted octanol–water partition coefficient (Wildman–Crippen LogP) is 9.83. The highest BCUT2D eigenvalue weighted by atomic mass is 15.3. The number of rotatable bonds is 0. The van der Waals surface area contributed by atoms with Crippen molar-refractivity contribution in [1.82, 2.24) is 29.4 Å². The second kappa shape index (κ2) is 22.3. The van der Waals surface area contributed by atoms with Gasteiger partial charge in [-0.15, -0.1) is 0 Å². The highest BCUT2D eigenvalue weighted by Gasteiger charge is 2.28. The molecule has 6 heteroatoms. The molecule has 0 unspecified atom stereocenters. The monoisotopic (exact) mass is 721 g/mol. The molecule has 0 spiro atoms. The lowest BCUT2D eigenvalue weighted by Crippen LogP contribution is -2.52. The minimum absolute atomic E-state index is 0.362. The Morgan fingerprint density at radius 1 is 0.294 bits per heavy atom. The van der Waals surface area contributed by atoms with Gasteiger partial charge in [-0.05, 0) is 212 Å². The Kier molecular flexibility index (Phi) is 21.4. The van der Waals surface area contributed by atoms with Crippen LogP contribution in [-0.4, -0.2) is 144 Å². The molecule has 306 valence electrons. The van der Waals surface area contributed by atoms with Crippen LogP contribution in [0.3, 0.4) is 0 Å². The molecule has 5 rings (SSSR count). The summed E-state index contributed by atoms with van der Waals surface area (Å²) in [5.74, 6) is 0.943. The van der Waals surface area contributed by atoms with Crippen molar-refractivity contribution in [3.8, 4) is 0 Å². The number of nitrogens with zero attached hydrogens (tertiary/aromatic N) is 6. The summed E-state index contributed by atoms with van der Waals surface area (Å²) in [5, 5.41) is 0. The minimum atomic E-state index is 0.362. The fraction of sp³-hybridized carbons (Fsp3) is 1.00. The van der Waals surface area contributed by atoms with Crippen LogP contribution in [0.1, 0.15) is 168 Å². The van der Waals surface area contributed by atoms with Crippen molar-refractivity contribution >= 4 is 0 Å². The zero-order valence-electron chi connectivity index (χ0n) is 38.3. The molecule has 0 aromatic heterocycles. The van der Waals surface area contributed by atoms with Gasteiger partial charge in [-0.2, -0.15) is 0 Å². The molecular formula is C45H96N6. The number of piperidine rings is 3. The van der Waals surface area contributed by atoms with Gasteiger partial charge < -0.3 is 9.80 Å². The predicted molar refractivity (Wildman–Crippen MR) is 229 cm³/mol. The molecule has 0 amide bonds. The lowest BCUT2D eigenvalue weighted by Gasteiger charge is -2.41. The van der Waals surface area contributed by atoms with Gasteiger partial charge in [-0.25, -0.2) is 0 Å². The fourth-order valence-corrected chi connectivity index (χ4v) is 7.87. The molecule has 0 radical (unpaired) electrons. The van der Waals surface area contributed by atoms with Crippen molar-refractivity contribution in [2.75, 3.05) is 92.6 Å². The van der Waals surface area contributed by atoms with Crippen molar-refractivity contribution in [2.45, 2.75) is 190 Å². The van der Waals surface area contributed by atoms with Crippen LogP contribution in [0.2, 0.25) is 0 Å². The molecule has 0 N–H and O–H groups in total. The van der Waals surface area contributed by atoms with Crippen LogP contribution in [0, 0.1) is 11.3 Å². The highest BCUT2D eigenvalue weighted by Crippen LogP contribution is 2.33. The molecule has 5 saturated heterocycles. The summed E-state index contributed by atoms with van der Waals surface area (Å²) in [6, 6.07) is 0. The normalized spacial score (nSPS) is 23.5. The molecular weight excluding hydrogens is 625 g/mol. The summed E-state index contributed by atoms with van der Waals surface area (Å²) in [7, 11) is 4.42. The minimum Gasteiger partial charge on any atom is -0.306 e. The van der Waals surface area contributed by atoms with E-state index in [-0.39, 0.29) is 0 Å². The first-order valence-electron chi connectivity index (χ1n) is 21.7. The second-order valence-electron chi connectivity index (χ2n) is 21.7. The molecule has 0 aliphatic carbocycles. The maximum Gasteiger partial charge on any atom is 0.0126 e. The SMILES string of the molecule is CC(C)(C)N1CCCC1.CC(C)(C)N1CCCCC1.CC(C)(C)N1CCCCC1.CN1CCC(C(C)(C)C)CC1.CN1CCN(C(C)(C)C)CC1. The first kappa shape index (κ1) is 48.8. The third kappa shape index (κ3) is 21.4. The molecule has 5 fully saturated rings. The number of likely N-dealkylation sites (tertiary alicyclic amines) is 4. The van der Waals surface area contributed by atoms with Crippen molar-refractivity contribution in [1.29, 1.82) is 0 Å². The smallest absolute Gasteiger partial charge is 0.0126 e. The summed E-state index contributed by atoms with van der Waals surface area (Å²) in [6.45, 7) is 50.0. The number of hydrogen-bond donors (Lipinski definition) is 0. The van der Waals surface area contributed by atoms with Crippen LogP contribution in [0.5, 0.6) is 0 Å². The van der Waals surface area contributed by atoms with E-state index in [0.29, 0.717) is 27.6 Å². The van der Waals surface area contributed by atoms with Crippen molar-refractivity contribution in [3.63, 3.8) is 0 Å². The topological polar surface area (TPSA) is 19.4 Å². The van der Waals surface area contributed by atoms with Gasteiger partial charge in [0, 0.05) is 48.3 Å². The van der Waals surface area contributed by atoms with Crippen molar-refractivity contribution in [3.05, 3.63) is 0 Å². The Hall–Kier alpha value is -0.240. The van der Waals surface area contributed by atoms with Gasteiger partial charge in [0.25, 0.3) is 0 Å². The average Bonchev–Trinajstić information content (AvgIpc) is 3.59. The van der Waals surface area contributed by atoms with Gasteiger partial charge >= 0.3 is 0 Å². The van der Waals surface area contributed by atoms with Crippen molar-refractivity contribution < 1.29 is 0 Å². The third-order valence-corrected chi connectivity index (χ3v) is 12.1. The molecule has 5 aliphatic rings. The molecule has 0 bridgehead atoms. The van der Waals surface area contributed by atoms with E-state index >= 15 is 0 Å². The number of likely N-dealkylation sites (N-methyl/N-ethyl adjacent to an activating group) is 1. The van der Waals surface area contributed by atoms with Crippen LogP contribution < -0.4 is 0 Å². The van der Waals surface area contributed by atoms with E-state index in [4.69, 9.17) is 0 Å². The first-order valence-corrected chi connectivity index (χ1v) is 21.7. The zero-order valence-corrected chi connectivity index (χ0v) is 38.3. The van der Waals surface area contributed by atoms with E-state index in [1.807, 2.05) is 0 Å². The van der Waals surface area contributed by atoms with E-state index in [9.17, 15) is 0 Å². The summed E-state index contributed by atoms with van der Waals surface area (Å²) in [6.07, 6.45) is 14.1. The Balaban J connectivity index is 0.000000319. The molecule has 6 nitrogen and oxygen atoms in total. The van der Waals surface area contributed by atoms with Gasteiger partial charge in [0.05, 0.1) is 0 Å². The van der Waals surface area contributed by atoms with Crippen LogP contribution >= 0.6 is 0 Å². The third-order valence-electron chi connectivity index (χ3n) is 12.1. The molecule has 5 heterocycles. The Bertz CT molecular complexity index is 789. The van der Waals surface area contributed by atoms with Crippen LogP contribution in [-0.2, 0) is 0 Å². The first-order chi connectivity index (χ1) is 23.3. The van der Waals surface area contributed by atoms with Crippen LogP contribution in [0.4, 0.5) is 0 Å². The van der Waals surface area contributed by atoms with Gasteiger partial charge in [0.1, 0.15) is 0 Å². The summed E-state index contributed by atoms with van der Waals surface area (Å²) < 4.78 is 0. The molecule has 0 atom stereocenters. The van der Waals surface area contributed by atoms with E-state index < -0.39 is 0 Å². The molecule has 0 aromatic rings. The average molecular weight is 721 g/mol. The molecule has 5 aliphatic heterocycles. The second-order valence-corrected chi connectivity index (χ2v) is 21.7. The Morgan fingerprint density at radius 3 is 0.765 bits per heavy atom. The van der Waals surface area contributed by atoms with E-state index in [0.717, 1.165) is 5.92 Å². The number of hydrogen-bond acceptors (Lipinski definition) is 6. The standard InChI is InChI=1S/C10H21N.C9H20N2.2C9H19N.C8H17N/c1-10(2,3)9-5-7-11(4)8-6-9;1-9(2,3)11-7-5-10(4)6-8-11;2*1-9(2,3)10-7-5-4-6-8-10;1-8(2,3)9-6-4-5-7-9/h9H,5-8H2,1-4H3;5-8H2,1-4H3;2*4-8H2,1-3H3;4-7H2,1-3H3. The van der Waals surface area contributed by atoms with Gasteiger partial charge in [0.2, 0.25) is 0 Å². The van der Waals surface area contributed by atoms with E-state index in [1.54, 1.807) is 0 Å². The zero-order chi connectivity index (χ0) is 39.1. The van der Waals surface area contributed by atoms with E-state index in [1.165, 1.54) is 143 Å². The molecule has 51 heavy (non-hydrogen) atoms. The maximum absolute atomic E-state index is 2.58. The largest absolute Gasteiger partial charge is 0.306 e. The Morgan fingerprint density at radius 2 is 0.529 bits per heavy atom. The fourth-order valence-electron chi connectivity index (χ4n) is 7.87.